The number of hydrogen-bond acceptors (Lipinski definition) is 2. The molecule has 0 radical (unpaired) electrons. The highest BCUT2D eigenvalue weighted by Crippen LogP contribution is 2.51. The number of carbonyl (C=O) groups is 1. The van der Waals surface area contributed by atoms with E-state index in [1.807, 2.05) is 11.8 Å². The first-order valence-electron chi connectivity index (χ1n) is 4.65. The van der Waals surface area contributed by atoms with Crippen molar-refractivity contribution < 1.29 is 9.53 Å². The Balaban J connectivity index is 1.82. The number of piperidine rings is 1. The van der Waals surface area contributed by atoms with E-state index in [0.717, 1.165) is 30.8 Å². The molecule has 1 aliphatic carbocycles. The van der Waals surface area contributed by atoms with Crippen LogP contribution in [0.2, 0.25) is 0 Å². The van der Waals surface area contributed by atoms with Gasteiger partial charge in [-0.05, 0) is 24.7 Å². The van der Waals surface area contributed by atoms with Gasteiger partial charge in [0.1, 0.15) is 0 Å². The van der Waals surface area contributed by atoms with Crippen molar-refractivity contribution >= 4 is 6.09 Å². The molecule has 3 heteroatoms. The Morgan fingerprint density at radius 2 is 2.08 bits per heavy atom. The van der Waals surface area contributed by atoms with Gasteiger partial charge in [0.15, 0.2) is 0 Å². The molecule has 0 aromatic carbocycles. The molecule has 0 N–H and O–H groups in total. The molecule has 0 aromatic heterocycles. The van der Waals surface area contributed by atoms with Gasteiger partial charge in [0, 0.05) is 13.1 Å². The van der Waals surface area contributed by atoms with Gasteiger partial charge in [0.25, 0.3) is 0 Å². The summed E-state index contributed by atoms with van der Waals surface area (Å²) in [6, 6.07) is 0. The van der Waals surface area contributed by atoms with Crippen LogP contribution in [0.5, 0.6) is 0 Å². The fraction of sp³-hybridized carbons (Fsp3) is 0.889. The zero-order valence-corrected chi connectivity index (χ0v) is 7.62. The lowest BCUT2D eigenvalue weighted by molar-refractivity contribution is 0.110. The Labute approximate surface area is 72.7 Å². The highest BCUT2D eigenvalue weighted by Gasteiger charge is 2.54. The molecule has 1 heterocycles. The maximum Gasteiger partial charge on any atom is 0.409 e. The van der Waals surface area contributed by atoms with Crippen LogP contribution in [0.3, 0.4) is 0 Å². The summed E-state index contributed by atoms with van der Waals surface area (Å²) in [4.78, 5) is 13.1. The minimum Gasteiger partial charge on any atom is -0.450 e. The van der Waals surface area contributed by atoms with Crippen molar-refractivity contribution in [3.63, 3.8) is 0 Å². The van der Waals surface area contributed by atoms with Gasteiger partial charge in [-0.2, -0.15) is 0 Å². The molecule has 1 amide bonds. The lowest BCUT2D eigenvalue weighted by Gasteiger charge is -2.17. The number of hydrogen-bond donors (Lipinski definition) is 0. The van der Waals surface area contributed by atoms with Crippen LogP contribution in [-0.2, 0) is 4.74 Å². The molecule has 0 spiro atoms. The maximum absolute atomic E-state index is 11.2. The predicted molar refractivity (Wildman–Crippen MR) is 44.7 cm³/mol. The van der Waals surface area contributed by atoms with E-state index in [9.17, 15) is 4.79 Å². The van der Waals surface area contributed by atoms with Crippen LogP contribution in [0.1, 0.15) is 13.8 Å². The van der Waals surface area contributed by atoms with Crippen molar-refractivity contribution in [1.82, 2.24) is 4.90 Å². The molecule has 1 saturated heterocycles. The Morgan fingerprint density at radius 1 is 1.50 bits per heavy atom. The Morgan fingerprint density at radius 3 is 2.58 bits per heavy atom. The van der Waals surface area contributed by atoms with Crippen molar-refractivity contribution in [2.75, 3.05) is 19.7 Å². The third-order valence-electron chi connectivity index (χ3n) is 3.15. The van der Waals surface area contributed by atoms with Gasteiger partial charge in [0.05, 0.1) is 6.61 Å². The summed E-state index contributed by atoms with van der Waals surface area (Å²) in [7, 11) is 0. The van der Waals surface area contributed by atoms with Gasteiger partial charge < -0.3 is 9.64 Å². The van der Waals surface area contributed by atoms with Crippen LogP contribution >= 0.6 is 0 Å². The zero-order chi connectivity index (χ0) is 8.72. The molecule has 3 atom stereocenters. The number of ether oxygens (including phenoxy) is 1. The molecule has 1 saturated carbocycles. The fourth-order valence-corrected chi connectivity index (χ4v) is 2.19. The fourth-order valence-electron chi connectivity index (χ4n) is 2.19. The summed E-state index contributed by atoms with van der Waals surface area (Å²) < 4.78 is 4.92. The van der Waals surface area contributed by atoms with E-state index < -0.39 is 0 Å². The van der Waals surface area contributed by atoms with Gasteiger partial charge in [-0.15, -0.1) is 0 Å². The number of nitrogens with zero attached hydrogens (tertiary/aromatic N) is 1. The number of carbonyl (C=O) groups excluding carboxylic acids is 1. The van der Waals surface area contributed by atoms with Crippen LogP contribution in [0.25, 0.3) is 0 Å². The van der Waals surface area contributed by atoms with E-state index in [-0.39, 0.29) is 6.09 Å². The van der Waals surface area contributed by atoms with Gasteiger partial charge in [-0.3, -0.25) is 0 Å². The monoisotopic (exact) mass is 169 g/mol. The summed E-state index contributed by atoms with van der Waals surface area (Å²) in [5.41, 5.74) is 0. The number of amides is 1. The van der Waals surface area contributed by atoms with E-state index in [1.165, 1.54) is 0 Å². The number of fused-ring (bicyclic) bond motifs is 1. The summed E-state index contributed by atoms with van der Waals surface area (Å²) in [5.74, 6) is 2.39. The minimum atomic E-state index is -0.128. The molecule has 0 aromatic rings. The molecule has 68 valence electrons. The summed E-state index contributed by atoms with van der Waals surface area (Å²) in [6.45, 7) is 6.44. The SMILES string of the molecule is CCOC(=O)N1C[C@@H]2C(C)[C@@H]2C1. The van der Waals surface area contributed by atoms with Crippen molar-refractivity contribution in [2.45, 2.75) is 13.8 Å². The van der Waals surface area contributed by atoms with Crippen LogP contribution < -0.4 is 0 Å². The molecular weight excluding hydrogens is 154 g/mol. The first-order chi connectivity index (χ1) is 5.74. The van der Waals surface area contributed by atoms with Crippen LogP contribution in [-0.4, -0.2) is 30.7 Å². The molecule has 2 fully saturated rings. The van der Waals surface area contributed by atoms with Crippen molar-refractivity contribution in [3.05, 3.63) is 0 Å². The molecule has 12 heavy (non-hydrogen) atoms. The highest BCUT2D eigenvalue weighted by molar-refractivity contribution is 5.68. The summed E-state index contributed by atoms with van der Waals surface area (Å²) in [5, 5.41) is 0. The molecule has 3 nitrogen and oxygen atoms in total. The van der Waals surface area contributed by atoms with E-state index in [1.54, 1.807) is 0 Å². The molecule has 1 unspecified atom stereocenters. The van der Waals surface area contributed by atoms with Crippen LogP contribution in [0.15, 0.2) is 0 Å². The number of rotatable bonds is 1. The van der Waals surface area contributed by atoms with E-state index in [2.05, 4.69) is 6.92 Å². The van der Waals surface area contributed by atoms with Crippen LogP contribution in [0.4, 0.5) is 4.79 Å². The third-order valence-corrected chi connectivity index (χ3v) is 3.15. The lowest BCUT2D eigenvalue weighted by atomic mass is 10.3. The predicted octanol–water partition coefficient (Wildman–Crippen LogP) is 1.34. The molecule has 2 aliphatic rings. The van der Waals surface area contributed by atoms with E-state index >= 15 is 0 Å². The van der Waals surface area contributed by atoms with Gasteiger partial charge in [-0.1, -0.05) is 6.92 Å². The number of likely N-dealkylation sites (tertiary alicyclic amines) is 1. The molecular formula is C9H15NO2. The van der Waals surface area contributed by atoms with E-state index in [0.29, 0.717) is 6.61 Å². The smallest absolute Gasteiger partial charge is 0.409 e. The largest absolute Gasteiger partial charge is 0.450 e. The second-order valence-corrected chi connectivity index (χ2v) is 3.79. The Hall–Kier alpha value is -0.730. The summed E-state index contributed by atoms with van der Waals surface area (Å²) >= 11 is 0. The minimum absolute atomic E-state index is 0.128. The summed E-state index contributed by atoms with van der Waals surface area (Å²) in [6.07, 6.45) is -0.128. The topological polar surface area (TPSA) is 29.5 Å². The average molecular weight is 169 g/mol. The van der Waals surface area contributed by atoms with E-state index in [4.69, 9.17) is 4.74 Å². The molecule has 1 aliphatic heterocycles. The Bertz CT molecular complexity index is 193. The van der Waals surface area contributed by atoms with Crippen molar-refractivity contribution in [3.8, 4) is 0 Å². The third kappa shape index (κ3) is 1.08. The quantitative estimate of drug-likeness (QED) is 0.593. The molecule has 0 bridgehead atoms. The lowest BCUT2D eigenvalue weighted by Crippen LogP contribution is -2.31. The Kier molecular flexibility index (Phi) is 1.74. The maximum atomic E-state index is 11.2. The van der Waals surface area contributed by atoms with Gasteiger partial charge in [-0.25, -0.2) is 4.79 Å². The first-order valence-corrected chi connectivity index (χ1v) is 4.65. The van der Waals surface area contributed by atoms with Crippen molar-refractivity contribution in [1.29, 1.82) is 0 Å². The second kappa shape index (κ2) is 2.64. The first kappa shape index (κ1) is 7.90. The second-order valence-electron chi connectivity index (χ2n) is 3.79. The average Bonchev–Trinajstić information content (AvgIpc) is 2.52. The molecule has 2 rings (SSSR count). The van der Waals surface area contributed by atoms with Gasteiger partial charge >= 0.3 is 6.09 Å². The normalized spacial score (nSPS) is 37.8. The van der Waals surface area contributed by atoms with Gasteiger partial charge in [0.2, 0.25) is 0 Å². The van der Waals surface area contributed by atoms with Crippen LogP contribution in [0, 0.1) is 17.8 Å². The van der Waals surface area contributed by atoms with Crippen molar-refractivity contribution in [2.24, 2.45) is 17.8 Å². The zero-order valence-electron chi connectivity index (χ0n) is 7.62. The standard InChI is InChI=1S/C9H15NO2/c1-3-12-9(11)10-4-7-6(2)8(7)5-10/h6-8H,3-5H2,1-2H3/t6?,7-,8+. The highest BCUT2D eigenvalue weighted by atomic mass is 16.6.